The van der Waals surface area contributed by atoms with Crippen LogP contribution in [0, 0.1) is 29.4 Å². The van der Waals surface area contributed by atoms with Gasteiger partial charge in [-0.3, -0.25) is 0 Å². The number of piperidine rings is 1. The Morgan fingerprint density at radius 3 is 2.41 bits per heavy atom. The fraction of sp³-hybridized carbons (Fsp3) is 0.452. The Morgan fingerprint density at radius 1 is 1.00 bits per heavy atom. The Morgan fingerprint density at radius 2 is 1.73 bits per heavy atom. The van der Waals surface area contributed by atoms with Crippen molar-refractivity contribution in [2.24, 2.45) is 11.8 Å². The fourth-order valence-electron chi connectivity index (χ4n) is 6.12. The molecule has 8 nitrogen and oxygen atoms in total. The van der Waals surface area contributed by atoms with Gasteiger partial charge < -0.3 is 19.3 Å². The van der Waals surface area contributed by atoms with Crippen molar-refractivity contribution in [2.45, 2.75) is 37.1 Å². The van der Waals surface area contributed by atoms with Crippen LogP contribution >= 0.6 is 11.6 Å². The van der Waals surface area contributed by atoms with Gasteiger partial charge >= 0.3 is 0 Å². The summed E-state index contributed by atoms with van der Waals surface area (Å²) in [5, 5.41) is -0.487. The summed E-state index contributed by atoms with van der Waals surface area (Å²) in [5.41, 5.74) is 0.429. The van der Waals surface area contributed by atoms with Crippen LogP contribution in [0.3, 0.4) is 0 Å². The van der Waals surface area contributed by atoms with Crippen molar-refractivity contribution in [3.8, 4) is 11.5 Å². The third kappa shape index (κ3) is 6.72. The average Bonchev–Trinajstić information content (AvgIpc) is 3.46. The second-order valence-corrected chi connectivity index (χ2v) is 13.6. The lowest BCUT2D eigenvalue weighted by atomic mass is 9.87. The highest BCUT2D eigenvalue weighted by Crippen LogP contribution is 2.40. The number of rotatable bonds is 10. The largest absolute Gasteiger partial charge is 0.497 e. The monoisotopic (exact) mass is 652 g/mol. The van der Waals surface area contributed by atoms with E-state index in [0.717, 1.165) is 50.9 Å². The lowest BCUT2D eigenvalue weighted by Crippen LogP contribution is -2.33. The molecule has 0 aliphatic carbocycles. The molecule has 238 valence electrons. The fourth-order valence-corrected chi connectivity index (χ4v) is 7.95. The molecule has 0 bridgehead atoms. The van der Waals surface area contributed by atoms with Crippen molar-refractivity contribution >= 4 is 33.1 Å². The van der Waals surface area contributed by atoms with E-state index >= 15 is 8.78 Å². The predicted octanol–water partition coefficient (Wildman–Crippen LogP) is 6.12. The molecular weight excluding hydrogens is 617 g/mol. The lowest BCUT2D eigenvalue weighted by molar-refractivity contribution is 0.198. The van der Waals surface area contributed by atoms with E-state index in [4.69, 9.17) is 21.1 Å². The van der Waals surface area contributed by atoms with Gasteiger partial charge in [0.2, 0.25) is 5.95 Å². The van der Waals surface area contributed by atoms with E-state index in [9.17, 15) is 12.8 Å². The molecule has 3 heterocycles. The van der Waals surface area contributed by atoms with Crippen molar-refractivity contribution in [3.63, 3.8) is 0 Å². The standard InChI is InChI=1S/C31H36ClF3N4O4S/c1-37-12-9-20(10-13-37)15-21-11-14-38(18-21)25-17-24(33)31(30(35)29(25)32)44(40,41)39(28-6-4-5-27(34)36-28)19-22-7-8-23(42-2)16-26(22)43-3/h4-8,16-17,20-21H,9-15,18-19H2,1-3H3. The number of hydrogen-bond donors (Lipinski definition) is 0. The molecule has 1 atom stereocenters. The maximum atomic E-state index is 16.0. The molecule has 44 heavy (non-hydrogen) atoms. The topological polar surface area (TPSA) is 75.2 Å². The van der Waals surface area contributed by atoms with Crippen LogP contribution < -0.4 is 18.7 Å². The number of aromatic nitrogens is 1. The van der Waals surface area contributed by atoms with Crippen LogP contribution in [-0.4, -0.2) is 65.7 Å². The first kappa shape index (κ1) is 32.2. The van der Waals surface area contributed by atoms with Crippen LogP contribution in [0.5, 0.6) is 11.5 Å². The zero-order valence-electron chi connectivity index (χ0n) is 24.9. The van der Waals surface area contributed by atoms with Crippen molar-refractivity contribution < 1.29 is 31.1 Å². The summed E-state index contributed by atoms with van der Waals surface area (Å²) in [6.45, 7) is 2.78. The Bertz CT molecular complexity index is 1600. The molecule has 3 aromatic rings. The van der Waals surface area contributed by atoms with Crippen LogP contribution in [-0.2, 0) is 16.6 Å². The number of likely N-dealkylation sites (tertiary alicyclic amines) is 1. The van der Waals surface area contributed by atoms with E-state index < -0.39 is 44.1 Å². The zero-order valence-corrected chi connectivity index (χ0v) is 26.5. The summed E-state index contributed by atoms with van der Waals surface area (Å²) in [5.74, 6) is -2.41. The van der Waals surface area contributed by atoms with Gasteiger partial charge in [-0.05, 0) is 81.9 Å². The van der Waals surface area contributed by atoms with Crippen LogP contribution in [0.15, 0.2) is 47.4 Å². The summed E-state index contributed by atoms with van der Waals surface area (Å²) in [7, 11) is -0.0525. The van der Waals surface area contributed by atoms with Crippen LogP contribution in [0.4, 0.5) is 24.7 Å². The number of halogens is 4. The lowest BCUT2D eigenvalue weighted by Gasteiger charge is -2.30. The Balaban J connectivity index is 1.46. The first-order valence-corrected chi connectivity index (χ1v) is 16.3. The number of pyridine rings is 1. The SMILES string of the molecule is COc1ccc(CN(c2cccc(F)n2)S(=O)(=O)c2c(F)cc(N3CCC(CC4CCN(C)CC4)C3)c(Cl)c2F)c(OC)c1. The highest BCUT2D eigenvalue weighted by atomic mass is 35.5. The Hall–Kier alpha value is -3.22. The van der Waals surface area contributed by atoms with Gasteiger partial charge in [-0.1, -0.05) is 17.7 Å². The molecule has 0 spiro atoms. The number of methoxy groups -OCH3 is 2. The van der Waals surface area contributed by atoms with E-state index in [1.807, 2.05) is 4.90 Å². The predicted molar refractivity (Wildman–Crippen MR) is 164 cm³/mol. The number of nitrogens with zero attached hydrogens (tertiary/aromatic N) is 4. The number of sulfonamides is 1. The highest BCUT2D eigenvalue weighted by Gasteiger charge is 2.37. The first-order chi connectivity index (χ1) is 21.0. The van der Waals surface area contributed by atoms with Gasteiger partial charge in [0.25, 0.3) is 10.0 Å². The summed E-state index contributed by atoms with van der Waals surface area (Å²) < 4.78 is 85.3. The van der Waals surface area contributed by atoms with Gasteiger partial charge in [-0.25, -0.2) is 26.5 Å². The summed E-state index contributed by atoms with van der Waals surface area (Å²) in [4.78, 5) is 6.59. The van der Waals surface area contributed by atoms with Crippen molar-refractivity contribution in [1.29, 1.82) is 0 Å². The number of benzene rings is 2. The van der Waals surface area contributed by atoms with Gasteiger partial charge in [0.05, 0.1) is 26.5 Å². The quantitative estimate of drug-likeness (QED) is 0.193. The number of ether oxygens (including phenoxy) is 2. The molecule has 1 aromatic heterocycles. The minimum absolute atomic E-state index is 0.110. The smallest absolute Gasteiger partial charge is 0.271 e. The Labute approximate surface area is 261 Å². The molecule has 2 aliphatic heterocycles. The van der Waals surface area contributed by atoms with Crippen molar-refractivity contribution in [1.82, 2.24) is 9.88 Å². The van der Waals surface area contributed by atoms with Gasteiger partial charge in [-0.15, -0.1) is 0 Å². The van der Waals surface area contributed by atoms with Gasteiger partial charge in [0, 0.05) is 30.8 Å². The van der Waals surface area contributed by atoms with E-state index in [1.54, 1.807) is 6.07 Å². The van der Waals surface area contributed by atoms with E-state index in [0.29, 0.717) is 40.5 Å². The molecule has 0 radical (unpaired) electrons. The van der Waals surface area contributed by atoms with Gasteiger partial charge in [-0.2, -0.15) is 4.39 Å². The van der Waals surface area contributed by atoms with E-state index in [1.165, 1.54) is 38.5 Å². The Kier molecular flexibility index (Phi) is 9.81. The van der Waals surface area contributed by atoms with Crippen LogP contribution in [0.2, 0.25) is 5.02 Å². The minimum Gasteiger partial charge on any atom is -0.497 e. The average molecular weight is 653 g/mol. The van der Waals surface area contributed by atoms with Gasteiger partial charge in [0.1, 0.15) is 28.2 Å². The second-order valence-electron chi connectivity index (χ2n) is 11.4. The molecule has 1 unspecified atom stereocenters. The molecule has 0 N–H and O–H groups in total. The van der Waals surface area contributed by atoms with Crippen molar-refractivity contribution in [3.05, 3.63) is 70.6 Å². The van der Waals surface area contributed by atoms with Gasteiger partial charge in [0.15, 0.2) is 10.7 Å². The van der Waals surface area contributed by atoms with Crippen LogP contribution in [0.25, 0.3) is 0 Å². The molecule has 2 saturated heterocycles. The van der Waals surface area contributed by atoms with Crippen molar-refractivity contribution in [2.75, 3.05) is 56.7 Å². The van der Waals surface area contributed by atoms with E-state index in [-0.39, 0.29) is 17.3 Å². The number of anilines is 2. The summed E-state index contributed by atoms with van der Waals surface area (Å²) >= 11 is 6.45. The maximum Gasteiger partial charge on any atom is 0.271 e. The summed E-state index contributed by atoms with van der Waals surface area (Å²) in [6.07, 6.45) is 4.14. The minimum atomic E-state index is -5.01. The molecular formula is C31H36ClF3N4O4S. The first-order valence-electron chi connectivity index (χ1n) is 14.5. The maximum absolute atomic E-state index is 16.0. The molecule has 5 rings (SSSR count). The summed E-state index contributed by atoms with van der Waals surface area (Å²) in [6, 6.07) is 9.14. The van der Waals surface area contributed by atoms with E-state index in [2.05, 4.69) is 16.9 Å². The third-order valence-electron chi connectivity index (χ3n) is 8.54. The third-order valence-corrected chi connectivity index (χ3v) is 10.7. The second kappa shape index (κ2) is 13.4. The molecule has 2 aromatic carbocycles. The molecule has 13 heteroatoms. The molecule has 2 fully saturated rings. The highest BCUT2D eigenvalue weighted by molar-refractivity contribution is 7.92. The van der Waals surface area contributed by atoms with Crippen LogP contribution in [0.1, 0.15) is 31.2 Å². The zero-order chi connectivity index (χ0) is 31.6. The molecule has 0 amide bonds. The normalized spacial score (nSPS) is 18.1. The number of hydrogen-bond acceptors (Lipinski definition) is 7. The molecule has 0 saturated carbocycles. The molecule has 2 aliphatic rings.